The average Bonchev–Trinajstić information content (AvgIpc) is 3.47. The van der Waals surface area contributed by atoms with Gasteiger partial charge in [-0.15, -0.1) is 45.3 Å². The molecule has 4 aromatic heterocycles. The minimum absolute atomic E-state index is 0.708. The van der Waals surface area contributed by atoms with Gasteiger partial charge in [0.15, 0.2) is 12.6 Å². The Balaban J connectivity index is 2.04. The maximum atomic E-state index is 11.2. The van der Waals surface area contributed by atoms with Gasteiger partial charge in [0.25, 0.3) is 0 Å². The lowest BCUT2D eigenvalue weighted by Gasteiger charge is -2.11. The molecule has 0 N–H and O–H groups in total. The second-order valence-corrected chi connectivity index (χ2v) is 9.47. The summed E-state index contributed by atoms with van der Waals surface area (Å²) in [6.07, 6.45) is 1.78. The van der Waals surface area contributed by atoms with Gasteiger partial charge in [0.2, 0.25) is 0 Å². The number of rotatable bonds is 6. The molecule has 0 fully saturated rings. The molecule has 0 radical (unpaired) electrons. The molecular formula is C20H12O2S4. The van der Waals surface area contributed by atoms with Crippen LogP contribution in [0.15, 0.2) is 59.3 Å². The van der Waals surface area contributed by atoms with Gasteiger partial charge in [0.1, 0.15) is 0 Å². The Morgan fingerprint density at radius 2 is 1.08 bits per heavy atom. The first-order valence-electron chi connectivity index (χ1n) is 7.73. The average molecular weight is 413 g/mol. The molecule has 4 heterocycles. The minimum atomic E-state index is 0.708. The second-order valence-electron chi connectivity index (χ2n) is 5.34. The van der Waals surface area contributed by atoms with Crippen molar-refractivity contribution in [2.45, 2.75) is 0 Å². The fraction of sp³-hybridized carbons (Fsp3) is 0. The molecule has 26 heavy (non-hydrogen) atoms. The van der Waals surface area contributed by atoms with Gasteiger partial charge in [0, 0.05) is 30.7 Å². The van der Waals surface area contributed by atoms with Crippen LogP contribution in [0.2, 0.25) is 0 Å². The number of hydrogen-bond donors (Lipinski definition) is 0. The van der Waals surface area contributed by atoms with Crippen LogP contribution in [0.3, 0.4) is 0 Å². The summed E-state index contributed by atoms with van der Waals surface area (Å²) < 4.78 is 0. The molecule has 0 amide bonds. The van der Waals surface area contributed by atoms with E-state index in [0.29, 0.717) is 9.75 Å². The van der Waals surface area contributed by atoms with Crippen molar-refractivity contribution in [3.8, 4) is 0 Å². The van der Waals surface area contributed by atoms with E-state index < -0.39 is 0 Å². The molecule has 0 aromatic carbocycles. The Labute approximate surface area is 166 Å². The Kier molecular flexibility index (Phi) is 5.08. The van der Waals surface area contributed by atoms with E-state index in [4.69, 9.17) is 0 Å². The lowest BCUT2D eigenvalue weighted by Crippen LogP contribution is -1.90. The molecule has 0 unspecified atom stereocenters. The summed E-state index contributed by atoms with van der Waals surface area (Å²) in [5, 5.41) is 4.11. The topological polar surface area (TPSA) is 34.1 Å². The van der Waals surface area contributed by atoms with Gasteiger partial charge in [-0.1, -0.05) is 12.1 Å². The lowest BCUT2D eigenvalue weighted by molar-refractivity contribution is 0.111. The molecule has 0 aliphatic rings. The van der Waals surface area contributed by atoms with Gasteiger partial charge >= 0.3 is 0 Å². The monoisotopic (exact) mass is 412 g/mol. The molecule has 0 saturated heterocycles. The van der Waals surface area contributed by atoms with Gasteiger partial charge in [-0.25, -0.2) is 0 Å². The van der Waals surface area contributed by atoms with Crippen LogP contribution in [0, 0.1) is 0 Å². The van der Waals surface area contributed by atoms with Crippen molar-refractivity contribution in [3.05, 3.63) is 88.6 Å². The summed E-state index contributed by atoms with van der Waals surface area (Å²) >= 11 is 6.34. The molecular weight excluding hydrogens is 400 g/mol. The van der Waals surface area contributed by atoms with Crippen molar-refractivity contribution >= 4 is 69.1 Å². The third kappa shape index (κ3) is 3.29. The van der Waals surface area contributed by atoms with E-state index in [1.54, 1.807) is 22.7 Å². The predicted molar refractivity (Wildman–Crippen MR) is 113 cm³/mol. The molecule has 6 heteroatoms. The van der Waals surface area contributed by atoms with Crippen molar-refractivity contribution in [3.63, 3.8) is 0 Å². The Morgan fingerprint density at radius 1 is 0.615 bits per heavy atom. The van der Waals surface area contributed by atoms with Gasteiger partial charge < -0.3 is 0 Å². The van der Waals surface area contributed by atoms with Crippen LogP contribution in [0.4, 0.5) is 0 Å². The molecule has 128 valence electrons. The molecule has 0 aliphatic carbocycles. The van der Waals surface area contributed by atoms with E-state index in [2.05, 4.69) is 22.9 Å². The molecule has 2 nitrogen and oxygen atoms in total. The highest BCUT2D eigenvalue weighted by atomic mass is 32.1. The van der Waals surface area contributed by atoms with Gasteiger partial charge in [0.05, 0.1) is 9.75 Å². The van der Waals surface area contributed by atoms with Crippen molar-refractivity contribution in [1.29, 1.82) is 0 Å². The Bertz CT molecular complexity index is 977. The number of carbonyl (C=O) groups excluding carboxylic acids is 2. The quantitative estimate of drug-likeness (QED) is 0.336. The molecule has 0 spiro atoms. The summed E-state index contributed by atoms with van der Waals surface area (Å²) in [4.78, 5) is 28.2. The molecule has 4 aromatic rings. The standard InChI is InChI=1S/C20H12O2S4/c21-11-13-5-7-17(25-13)19(15-3-1-9-23-15)20(16-4-2-10-24-16)18-8-6-14(12-22)26-18/h1-12H/b20-19+. The van der Waals surface area contributed by atoms with Crippen LogP contribution < -0.4 is 0 Å². The van der Waals surface area contributed by atoms with Crippen LogP contribution in [-0.4, -0.2) is 12.6 Å². The number of aldehydes is 2. The first kappa shape index (κ1) is 17.3. The zero-order valence-corrected chi connectivity index (χ0v) is 16.6. The maximum absolute atomic E-state index is 11.2. The fourth-order valence-electron chi connectivity index (χ4n) is 2.68. The summed E-state index contributed by atoms with van der Waals surface area (Å²) in [7, 11) is 0. The summed E-state index contributed by atoms with van der Waals surface area (Å²) in [6, 6.07) is 16.0. The van der Waals surface area contributed by atoms with Crippen LogP contribution in [0.1, 0.15) is 38.9 Å². The van der Waals surface area contributed by atoms with Crippen LogP contribution in [-0.2, 0) is 0 Å². The zero-order chi connectivity index (χ0) is 17.9. The van der Waals surface area contributed by atoms with E-state index in [0.717, 1.165) is 43.2 Å². The first-order valence-corrected chi connectivity index (χ1v) is 11.1. The number of hydrogen-bond acceptors (Lipinski definition) is 6. The molecule has 4 rings (SSSR count). The largest absolute Gasteiger partial charge is 0.297 e. The van der Waals surface area contributed by atoms with Crippen LogP contribution in [0.25, 0.3) is 11.1 Å². The van der Waals surface area contributed by atoms with Crippen LogP contribution >= 0.6 is 45.3 Å². The van der Waals surface area contributed by atoms with Gasteiger partial charge in [-0.3, -0.25) is 9.59 Å². The van der Waals surface area contributed by atoms with Crippen molar-refractivity contribution in [2.75, 3.05) is 0 Å². The van der Waals surface area contributed by atoms with Crippen molar-refractivity contribution in [1.82, 2.24) is 0 Å². The highest BCUT2D eigenvalue weighted by Crippen LogP contribution is 2.43. The third-order valence-corrected chi connectivity index (χ3v) is 7.59. The van der Waals surface area contributed by atoms with Crippen LogP contribution in [0.5, 0.6) is 0 Å². The lowest BCUT2D eigenvalue weighted by atomic mass is 10.0. The van der Waals surface area contributed by atoms with E-state index in [1.807, 2.05) is 36.4 Å². The molecule has 0 atom stereocenters. The summed E-state index contributed by atoms with van der Waals surface area (Å²) in [5.74, 6) is 0. The fourth-order valence-corrected chi connectivity index (χ4v) is 6.17. The molecule has 0 saturated carbocycles. The minimum Gasteiger partial charge on any atom is -0.297 e. The Morgan fingerprint density at radius 3 is 1.38 bits per heavy atom. The highest BCUT2D eigenvalue weighted by Gasteiger charge is 2.20. The highest BCUT2D eigenvalue weighted by molar-refractivity contribution is 7.18. The molecule has 0 aliphatic heterocycles. The number of carbonyl (C=O) groups is 2. The predicted octanol–water partition coefficient (Wildman–Crippen LogP) is 6.57. The maximum Gasteiger partial charge on any atom is 0.160 e. The normalized spacial score (nSPS) is 12.0. The van der Waals surface area contributed by atoms with Gasteiger partial charge in [-0.2, -0.15) is 0 Å². The third-order valence-electron chi connectivity index (χ3n) is 3.76. The second kappa shape index (κ2) is 7.63. The van der Waals surface area contributed by atoms with E-state index >= 15 is 0 Å². The first-order chi connectivity index (χ1) is 12.8. The summed E-state index contributed by atoms with van der Waals surface area (Å²) in [6.45, 7) is 0. The van der Waals surface area contributed by atoms with E-state index in [1.165, 1.54) is 22.7 Å². The molecule has 0 bridgehead atoms. The summed E-state index contributed by atoms with van der Waals surface area (Å²) in [5.41, 5.74) is 2.22. The SMILES string of the molecule is O=Cc1ccc(/C(=C(\c2cccs2)c2ccc(C=O)s2)c2cccs2)s1. The van der Waals surface area contributed by atoms with Crippen molar-refractivity contribution < 1.29 is 9.59 Å². The zero-order valence-electron chi connectivity index (χ0n) is 13.4. The van der Waals surface area contributed by atoms with E-state index in [-0.39, 0.29) is 0 Å². The van der Waals surface area contributed by atoms with Gasteiger partial charge in [-0.05, 0) is 47.2 Å². The smallest absolute Gasteiger partial charge is 0.160 e. The Hall–Kier alpha value is -2.12. The van der Waals surface area contributed by atoms with E-state index in [9.17, 15) is 9.59 Å². The van der Waals surface area contributed by atoms with Crippen molar-refractivity contribution in [2.24, 2.45) is 0 Å². The number of thiophene rings is 4.